The Kier molecular flexibility index (Phi) is 12.8. The van der Waals surface area contributed by atoms with Gasteiger partial charge < -0.3 is 15.5 Å². The predicted molar refractivity (Wildman–Crippen MR) is 196 cm³/mol. The van der Waals surface area contributed by atoms with E-state index in [2.05, 4.69) is 15.4 Å². The molecule has 0 spiro atoms. The smallest absolute Gasteiger partial charge is 0.264 e. The van der Waals surface area contributed by atoms with Gasteiger partial charge in [0.1, 0.15) is 6.04 Å². The maximum atomic E-state index is 14.2. The lowest BCUT2D eigenvalue weighted by atomic mass is 9.76. The summed E-state index contributed by atoms with van der Waals surface area (Å²) in [7, 11) is -0.802. The highest BCUT2D eigenvalue weighted by atomic mass is 32.2. The Hall–Kier alpha value is -4.28. The van der Waals surface area contributed by atoms with Crippen LogP contribution in [0.4, 0.5) is 0 Å². The fourth-order valence-electron chi connectivity index (χ4n) is 5.88. The number of carbonyl (C=O) groups is 3. The van der Waals surface area contributed by atoms with Crippen LogP contribution in [-0.4, -0.2) is 63.3 Å². The Balaban J connectivity index is 1.81. The molecule has 0 aliphatic carbocycles. The van der Waals surface area contributed by atoms with Crippen LogP contribution in [0.25, 0.3) is 11.1 Å². The molecule has 9 nitrogen and oxygen atoms in total. The minimum Gasteiger partial charge on any atom is -0.342 e. The maximum absolute atomic E-state index is 14.2. The van der Waals surface area contributed by atoms with Gasteiger partial charge in [0.05, 0.1) is 17.0 Å². The average Bonchev–Trinajstić information content (AvgIpc) is 3.05. The van der Waals surface area contributed by atoms with Gasteiger partial charge in [0.2, 0.25) is 11.8 Å². The van der Waals surface area contributed by atoms with Crippen molar-refractivity contribution in [1.29, 1.82) is 0 Å². The Bertz CT molecular complexity index is 1730. The molecule has 3 atom stereocenters. The van der Waals surface area contributed by atoms with Crippen LogP contribution >= 0.6 is 0 Å². The zero-order valence-corrected chi connectivity index (χ0v) is 31.2. The van der Waals surface area contributed by atoms with E-state index in [1.54, 1.807) is 32.3 Å². The van der Waals surface area contributed by atoms with Gasteiger partial charge in [-0.05, 0) is 54.1 Å². The van der Waals surface area contributed by atoms with Crippen LogP contribution in [0.1, 0.15) is 61.0 Å². The third-order valence-corrected chi connectivity index (χ3v) is 10.3. The molecule has 3 aromatic carbocycles. The molecule has 1 unspecified atom stereocenters. The van der Waals surface area contributed by atoms with Crippen molar-refractivity contribution in [2.45, 2.75) is 83.8 Å². The number of hydrogen-bond acceptors (Lipinski definition) is 6. The normalized spacial score (nSPS) is 14.5. The number of nitrogens with one attached hydrogen (secondary N) is 3. The standard InChI is InChI=1S/C39H52N4O5S/c1-26(2)32(25-27(3)35(44)42-49(47,48)31-23-21-29(22-24-31)28-17-13-11-14-18-28)43(10)37(46)34(38(4,5)6)41-36(45)33(40-9)39(7,8)30-19-15-12-16-20-30/h11-26,32-34,40H,1-10H3,(H,41,45)(H,42,44)/b27-25+/t32-,33-,34?/m1/s1. The van der Waals surface area contributed by atoms with Crippen molar-refractivity contribution >= 4 is 27.7 Å². The third kappa shape index (κ3) is 9.67. The molecule has 0 aliphatic rings. The maximum Gasteiger partial charge on any atom is 0.264 e. The molecule has 0 aromatic heterocycles. The quantitative estimate of drug-likeness (QED) is 0.199. The van der Waals surface area contributed by atoms with Crippen LogP contribution in [-0.2, 0) is 29.8 Å². The van der Waals surface area contributed by atoms with E-state index >= 15 is 0 Å². The van der Waals surface area contributed by atoms with Crippen LogP contribution in [0.5, 0.6) is 0 Å². The van der Waals surface area contributed by atoms with E-state index in [0.717, 1.165) is 16.7 Å². The van der Waals surface area contributed by atoms with Gasteiger partial charge >= 0.3 is 0 Å². The molecule has 3 rings (SSSR count). The summed E-state index contributed by atoms with van der Waals surface area (Å²) in [6.07, 6.45) is 1.60. The van der Waals surface area contributed by atoms with Crippen molar-refractivity contribution in [2.24, 2.45) is 11.3 Å². The summed E-state index contributed by atoms with van der Waals surface area (Å²) in [4.78, 5) is 42.7. The second-order valence-electron chi connectivity index (χ2n) is 14.5. The molecule has 0 bridgehead atoms. The first-order valence-corrected chi connectivity index (χ1v) is 18.0. The van der Waals surface area contributed by atoms with Gasteiger partial charge in [-0.1, -0.05) is 127 Å². The molecule has 0 saturated carbocycles. The van der Waals surface area contributed by atoms with Crippen molar-refractivity contribution < 1.29 is 22.8 Å². The van der Waals surface area contributed by atoms with Gasteiger partial charge in [-0.3, -0.25) is 14.4 Å². The van der Waals surface area contributed by atoms with Crippen molar-refractivity contribution in [1.82, 2.24) is 20.3 Å². The number of rotatable bonds is 13. The molecule has 49 heavy (non-hydrogen) atoms. The molecule has 0 aliphatic heterocycles. The Morgan fingerprint density at radius 1 is 0.776 bits per heavy atom. The molecule has 3 amide bonds. The van der Waals surface area contributed by atoms with E-state index in [-0.39, 0.29) is 28.2 Å². The molecule has 0 heterocycles. The first-order chi connectivity index (χ1) is 22.8. The number of nitrogens with zero attached hydrogens (tertiary/aromatic N) is 1. The number of likely N-dealkylation sites (N-methyl/N-ethyl adjacent to an activating group) is 2. The Labute approximate surface area is 292 Å². The van der Waals surface area contributed by atoms with Crippen LogP contribution in [0.2, 0.25) is 0 Å². The summed E-state index contributed by atoms with van der Waals surface area (Å²) in [5.74, 6) is -1.58. The second-order valence-corrected chi connectivity index (χ2v) is 16.2. The van der Waals surface area contributed by atoms with E-state index in [1.807, 2.05) is 109 Å². The van der Waals surface area contributed by atoms with Gasteiger partial charge in [0.15, 0.2) is 0 Å². The van der Waals surface area contributed by atoms with E-state index in [1.165, 1.54) is 24.0 Å². The first-order valence-electron chi connectivity index (χ1n) is 16.5. The van der Waals surface area contributed by atoms with Gasteiger partial charge in [0, 0.05) is 18.0 Å². The summed E-state index contributed by atoms with van der Waals surface area (Å²) in [6, 6.07) is 23.5. The van der Waals surface area contributed by atoms with Crippen molar-refractivity contribution in [2.75, 3.05) is 14.1 Å². The van der Waals surface area contributed by atoms with Crippen molar-refractivity contribution in [3.63, 3.8) is 0 Å². The predicted octanol–water partition coefficient (Wildman–Crippen LogP) is 5.68. The largest absolute Gasteiger partial charge is 0.342 e. The highest BCUT2D eigenvalue weighted by molar-refractivity contribution is 7.90. The number of carbonyl (C=O) groups excluding carboxylic acids is 3. The molecule has 0 radical (unpaired) electrons. The molecule has 3 N–H and O–H groups in total. The summed E-state index contributed by atoms with van der Waals surface area (Å²) in [5, 5.41) is 6.17. The van der Waals surface area contributed by atoms with E-state index in [0.29, 0.717) is 0 Å². The van der Waals surface area contributed by atoms with Gasteiger partial charge in [-0.2, -0.15) is 0 Å². The molecule has 264 valence electrons. The average molecular weight is 689 g/mol. The molecular formula is C39H52N4O5S. The second kappa shape index (κ2) is 16.0. The molecular weight excluding hydrogens is 637 g/mol. The van der Waals surface area contributed by atoms with Crippen LogP contribution < -0.4 is 15.4 Å². The van der Waals surface area contributed by atoms with Crippen molar-refractivity contribution in [3.05, 3.63) is 102 Å². The summed E-state index contributed by atoms with van der Waals surface area (Å²) in [5.41, 5.74) is 1.66. The van der Waals surface area contributed by atoms with Gasteiger partial charge in [-0.25, -0.2) is 13.1 Å². The van der Waals surface area contributed by atoms with Gasteiger partial charge in [-0.15, -0.1) is 0 Å². The van der Waals surface area contributed by atoms with E-state index < -0.39 is 44.9 Å². The Morgan fingerprint density at radius 3 is 1.78 bits per heavy atom. The Morgan fingerprint density at radius 2 is 1.29 bits per heavy atom. The minimum atomic E-state index is -4.16. The third-order valence-electron chi connectivity index (χ3n) is 8.95. The van der Waals surface area contributed by atoms with Gasteiger partial charge in [0.25, 0.3) is 15.9 Å². The van der Waals surface area contributed by atoms with E-state index in [4.69, 9.17) is 0 Å². The highest BCUT2D eigenvalue weighted by Crippen LogP contribution is 2.29. The topological polar surface area (TPSA) is 125 Å². The fraction of sp³-hybridized carbons (Fsp3) is 0.410. The first kappa shape index (κ1) is 39.2. The SMILES string of the molecule is CN[C@H](C(=O)NC(C(=O)N(C)[C@H](/C=C(\C)C(=O)NS(=O)(=O)c1ccc(-c2ccccc2)cc1)C(C)C)C(C)(C)C)C(C)(C)c1ccccc1. The minimum absolute atomic E-state index is 0.0416. The highest BCUT2D eigenvalue weighted by Gasteiger charge is 2.41. The monoisotopic (exact) mass is 688 g/mol. The lowest BCUT2D eigenvalue weighted by molar-refractivity contribution is -0.140. The fourth-order valence-corrected chi connectivity index (χ4v) is 6.90. The number of hydrogen-bond donors (Lipinski definition) is 3. The zero-order valence-electron chi connectivity index (χ0n) is 30.4. The summed E-state index contributed by atoms with van der Waals surface area (Å²) < 4.78 is 28.4. The molecule has 10 heteroatoms. The number of amides is 3. The van der Waals surface area contributed by atoms with E-state index in [9.17, 15) is 22.8 Å². The van der Waals surface area contributed by atoms with Crippen molar-refractivity contribution in [3.8, 4) is 11.1 Å². The zero-order chi connectivity index (χ0) is 36.7. The summed E-state index contributed by atoms with van der Waals surface area (Å²) in [6.45, 7) is 15.0. The summed E-state index contributed by atoms with van der Waals surface area (Å²) >= 11 is 0. The van der Waals surface area contributed by atoms with Crippen LogP contribution in [0.15, 0.2) is 101 Å². The van der Waals surface area contributed by atoms with Crippen LogP contribution in [0, 0.1) is 11.3 Å². The number of benzene rings is 3. The molecule has 0 saturated heterocycles. The van der Waals surface area contributed by atoms with Crippen LogP contribution in [0.3, 0.4) is 0 Å². The number of sulfonamides is 1. The lowest BCUT2D eigenvalue weighted by Crippen LogP contribution is -2.61. The molecule has 0 fully saturated rings. The lowest BCUT2D eigenvalue weighted by Gasteiger charge is -2.40. The molecule has 3 aromatic rings.